The molecule has 3 heterocycles. The summed E-state index contributed by atoms with van der Waals surface area (Å²) in [5.41, 5.74) is 4.48. The fourth-order valence-electron chi connectivity index (χ4n) is 3.74. The van der Waals surface area contributed by atoms with E-state index in [1.54, 1.807) is 12.0 Å². The lowest BCUT2D eigenvalue weighted by atomic mass is 9.86. The molecule has 0 bridgehead atoms. The average Bonchev–Trinajstić information content (AvgIpc) is 2.93. The number of ether oxygens (including phenoxy) is 1. The molecule has 22 heavy (non-hydrogen) atoms. The first-order chi connectivity index (χ1) is 10.8. The summed E-state index contributed by atoms with van der Waals surface area (Å²) in [6.45, 7) is 2.24. The van der Waals surface area contributed by atoms with E-state index in [1.807, 2.05) is 11.3 Å². The smallest absolute Gasteiger partial charge is 0.119 e. The Morgan fingerprint density at radius 2 is 2.23 bits per heavy atom. The Kier molecular flexibility index (Phi) is 3.89. The highest BCUT2D eigenvalue weighted by atomic mass is 35.5. The lowest BCUT2D eigenvalue weighted by Crippen LogP contribution is -2.38. The molecular weight excluding hydrogens is 314 g/mol. The summed E-state index contributed by atoms with van der Waals surface area (Å²) < 4.78 is 5.38. The molecule has 4 rings (SSSR count). The van der Waals surface area contributed by atoms with Gasteiger partial charge in [-0.2, -0.15) is 0 Å². The molecular formula is C18H20ClNOS. The van der Waals surface area contributed by atoms with Crippen LogP contribution in [0.15, 0.2) is 24.3 Å². The minimum absolute atomic E-state index is 0.528. The highest BCUT2D eigenvalue weighted by Crippen LogP contribution is 2.41. The number of hydrogen-bond donors (Lipinski definition) is 0. The van der Waals surface area contributed by atoms with Crippen LogP contribution in [-0.2, 0) is 25.8 Å². The van der Waals surface area contributed by atoms with Crippen LogP contribution in [0.3, 0.4) is 0 Å². The molecule has 1 atom stereocenters. The van der Waals surface area contributed by atoms with Crippen LogP contribution in [0.5, 0.6) is 5.75 Å². The fraction of sp³-hybridized carbons (Fsp3) is 0.444. The largest absolute Gasteiger partial charge is 0.497 e. The molecule has 1 unspecified atom stereocenters. The third kappa shape index (κ3) is 2.45. The molecule has 2 aromatic rings. The van der Waals surface area contributed by atoms with Gasteiger partial charge in [0.1, 0.15) is 5.75 Å². The third-order valence-corrected chi connectivity index (χ3v) is 6.28. The SMILES string of the molecule is COc1ccc2c(c1)CCN1Cc3sc(CCCl)cc3CC21. The summed E-state index contributed by atoms with van der Waals surface area (Å²) in [7, 11) is 1.74. The number of thiophene rings is 1. The summed E-state index contributed by atoms with van der Waals surface area (Å²) in [6, 6.07) is 9.50. The molecule has 0 spiro atoms. The van der Waals surface area contributed by atoms with Crippen molar-refractivity contribution in [2.75, 3.05) is 19.5 Å². The van der Waals surface area contributed by atoms with Crippen molar-refractivity contribution in [1.29, 1.82) is 0 Å². The van der Waals surface area contributed by atoms with Crippen LogP contribution in [0.25, 0.3) is 0 Å². The predicted octanol–water partition coefficient (Wildman–Crippen LogP) is 4.19. The molecule has 4 heteroatoms. The van der Waals surface area contributed by atoms with Crippen molar-refractivity contribution in [3.63, 3.8) is 0 Å². The normalized spacial score (nSPS) is 20.2. The van der Waals surface area contributed by atoms with Crippen molar-refractivity contribution in [2.24, 2.45) is 0 Å². The average molecular weight is 334 g/mol. The standard InChI is InChI=1S/C18H20ClNOS/c1-21-14-2-3-16-12(8-14)5-7-20-11-18-13(10-17(16)20)9-15(22-18)4-6-19/h2-3,8-9,17H,4-7,10-11H2,1H3. The summed E-state index contributed by atoms with van der Waals surface area (Å²) in [5, 5.41) is 0. The van der Waals surface area contributed by atoms with Crippen LogP contribution in [0.4, 0.5) is 0 Å². The number of benzene rings is 1. The second-order valence-electron chi connectivity index (χ2n) is 6.11. The summed E-state index contributed by atoms with van der Waals surface area (Å²) in [5.74, 6) is 1.69. The Morgan fingerprint density at radius 3 is 3.05 bits per heavy atom. The Morgan fingerprint density at radius 1 is 1.32 bits per heavy atom. The van der Waals surface area contributed by atoms with Crippen LogP contribution in [0.1, 0.15) is 32.5 Å². The molecule has 0 aliphatic carbocycles. The lowest BCUT2D eigenvalue weighted by molar-refractivity contribution is 0.163. The van der Waals surface area contributed by atoms with E-state index in [0.717, 1.165) is 44.0 Å². The van der Waals surface area contributed by atoms with Crippen molar-refractivity contribution in [1.82, 2.24) is 4.90 Å². The number of aryl methyl sites for hydroxylation is 1. The van der Waals surface area contributed by atoms with Gasteiger partial charge in [-0.05, 0) is 54.2 Å². The number of alkyl halides is 1. The van der Waals surface area contributed by atoms with Gasteiger partial charge in [0.15, 0.2) is 0 Å². The third-order valence-electron chi connectivity index (χ3n) is 4.87. The molecule has 116 valence electrons. The fourth-order valence-corrected chi connectivity index (χ4v) is 5.28. The molecule has 0 N–H and O–H groups in total. The van der Waals surface area contributed by atoms with E-state index in [4.69, 9.17) is 16.3 Å². The Bertz CT molecular complexity index is 696. The summed E-state index contributed by atoms with van der Waals surface area (Å²) in [6.07, 6.45) is 3.25. The minimum Gasteiger partial charge on any atom is -0.497 e. The van der Waals surface area contributed by atoms with E-state index in [2.05, 4.69) is 29.2 Å². The molecule has 0 saturated carbocycles. The zero-order chi connectivity index (χ0) is 15.1. The molecule has 2 nitrogen and oxygen atoms in total. The van der Waals surface area contributed by atoms with E-state index < -0.39 is 0 Å². The van der Waals surface area contributed by atoms with Crippen molar-refractivity contribution in [3.8, 4) is 5.75 Å². The number of nitrogens with zero attached hydrogens (tertiary/aromatic N) is 1. The molecule has 2 aliphatic heterocycles. The first-order valence-corrected chi connectivity index (χ1v) is 9.21. The number of methoxy groups -OCH3 is 1. The summed E-state index contributed by atoms with van der Waals surface area (Å²) >= 11 is 7.86. The van der Waals surface area contributed by atoms with Crippen LogP contribution in [0.2, 0.25) is 0 Å². The Balaban J connectivity index is 1.66. The number of hydrogen-bond acceptors (Lipinski definition) is 3. The van der Waals surface area contributed by atoms with Crippen molar-refractivity contribution in [2.45, 2.75) is 31.8 Å². The monoisotopic (exact) mass is 333 g/mol. The van der Waals surface area contributed by atoms with Crippen LogP contribution < -0.4 is 4.74 Å². The quantitative estimate of drug-likeness (QED) is 0.781. The van der Waals surface area contributed by atoms with Gasteiger partial charge in [0.25, 0.3) is 0 Å². The maximum absolute atomic E-state index is 5.90. The van der Waals surface area contributed by atoms with Gasteiger partial charge < -0.3 is 4.74 Å². The van der Waals surface area contributed by atoms with E-state index in [9.17, 15) is 0 Å². The van der Waals surface area contributed by atoms with Crippen molar-refractivity contribution in [3.05, 3.63) is 50.7 Å². The molecule has 0 fully saturated rings. The van der Waals surface area contributed by atoms with Crippen LogP contribution in [-0.4, -0.2) is 24.4 Å². The van der Waals surface area contributed by atoms with Gasteiger partial charge in [0, 0.05) is 34.8 Å². The number of halogens is 1. The predicted molar refractivity (Wildman–Crippen MR) is 92.3 cm³/mol. The highest BCUT2D eigenvalue weighted by molar-refractivity contribution is 7.12. The van der Waals surface area contributed by atoms with Crippen LogP contribution in [0, 0.1) is 0 Å². The highest BCUT2D eigenvalue weighted by Gasteiger charge is 2.33. The Labute approximate surface area is 140 Å². The van der Waals surface area contributed by atoms with Crippen molar-refractivity contribution < 1.29 is 4.74 Å². The maximum Gasteiger partial charge on any atom is 0.119 e. The topological polar surface area (TPSA) is 12.5 Å². The van der Waals surface area contributed by atoms with Gasteiger partial charge in [0.05, 0.1) is 7.11 Å². The van der Waals surface area contributed by atoms with Gasteiger partial charge in [-0.15, -0.1) is 22.9 Å². The Hall–Kier alpha value is -1.03. The van der Waals surface area contributed by atoms with E-state index in [0.29, 0.717) is 6.04 Å². The van der Waals surface area contributed by atoms with E-state index >= 15 is 0 Å². The zero-order valence-corrected chi connectivity index (χ0v) is 14.3. The molecule has 0 saturated heterocycles. The number of fused-ring (bicyclic) bond motifs is 4. The van der Waals surface area contributed by atoms with Gasteiger partial charge in [-0.25, -0.2) is 0 Å². The van der Waals surface area contributed by atoms with Gasteiger partial charge in [0.2, 0.25) is 0 Å². The van der Waals surface area contributed by atoms with Crippen LogP contribution >= 0.6 is 22.9 Å². The number of rotatable bonds is 3. The van der Waals surface area contributed by atoms with Gasteiger partial charge >= 0.3 is 0 Å². The molecule has 1 aromatic heterocycles. The molecule has 0 radical (unpaired) electrons. The first kappa shape index (κ1) is 14.6. The first-order valence-electron chi connectivity index (χ1n) is 7.86. The van der Waals surface area contributed by atoms with E-state index in [1.165, 1.54) is 21.6 Å². The maximum atomic E-state index is 5.90. The molecule has 1 aromatic carbocycles. The second kappa shape index (κ2) is 5.88. The van der Waals surface area contributed by atoms with Crippen molar-refractivity contribution >= 4 is 22.9 Å². The molecule has 2 aliphatic rings. The second-order valence-corrected chi connectivity index (χ2v) is 7.70. The lowest BCUT2D eigenvalue weighted by Gasteiger charge is -2.40. The summed E-state index contributed by atoms with van der Waals surface area (Å²) in [4.78, 5) is 5.63. The van der Waals surface area contributed by atoms with E-state index in [-0.39, 0.29) is 0 Å². The van der Waals surface area contributed by atoms with Gasteiger partial charge in [-0.3, -0.25) is 4.90 Å². The molecule has 0 amide bonds. The zero-order valence-electron chi connectivity index (χ0n) is 12.8. The minimum atomic E-state index is 0.528. The van der Waals surface area contributed by atoms with Gasteiger partial charge in [-0.1, -0.05) is 6.07 Å².